The summed E-state index contributed by atoms with van der Waals surface area (Å²) in [5.41, 5.74) is 1.52. The van der Waals surface area contributed by atoms with Crippen molar-refractivity contribution in [2.75, 3.05) is 0 Å². The first-order valence-corrected chi connectivity index (χ1v) is 7.56. The summed E-state index contributed by atoms with van der Waals surface area (Å²) in [5.74, 6) is -0.524. The third-order valence-electron chi connectivity index (χ3n) is 3.49. The maximum Gasteiger partial charge on any atom is 0.408 e. The molecule has 120 valence electrons. The van der Waals surface area contributed by atoms with Gasteiger partial charge in [0.2, 0.25) is 0 Å². The number of carbonyl (C=O) groups excluding carboxylic acids is 1. The third kappa shape index (κ3) is 4.76. The molecule has 0 saturated heterocycles. The number of carboxylic acid groups (broad SMARTS) is 1. The summed E-state index contributed by atoms with van der Waals surface area (Å²) in [7, 11) is 0. The highest BCUT2D eigenvalue weighted by atomic mass is 16.6. The zero-order valence-electron chi connectivity index (χ0n) is 13.3. The van der Waals surface area contributed by atoms with Crippen molar-refractivity contribution in [3.8, 4) is 0 Å². The number of nitrogens with one attached hydrogen (secondary N) is 1. The number of amides is 1. The van der Waals surface area contributed by atoms with E-state index in [4.69, 9.17) is 4.74 Å². The Morgan fingerprint density at radius 1 is 1.32 bits per heavy atom. The Morgan fingerprint density at radius 3 is 2.50 bits per heavy atom. The van der Waals surface area contributed by atoms with Crippen LogP contribution >= 0.6 is 0 Å². The molecule has 1 atom stereocenters. The van der Waals surface area contributed by atoms with E-state index in [1.165, 1.54) is 5.56 Å². The number of carbonyl (C=O) groups is 2. The molecule has 1 aromatic carbocycles. The summed E-state index contributed by atoms with van der Waals surface area (Å²) in [4.78, 5) is 23.2. The van der Waals surface area contributed by atoms with Gasteiger partial charge in [-0.1, -0.05) is 24.3 Å². The lowest BCUT2D eigenvalue weighted by Gasteiger charge is -2.22. The first kappa shape index (κ1) is 16.3. The van der Waals surface area contributed by atoms with Crippen molar-refractivity contribution >= 4 is 12.1 Å². The standard InChI is InChI=1S/C17H23NO4/c1-17(2,3)22-16(21)18-14(15(19)20)10-12-6-4-5-7-13(12)11-8-9-11/h4-7,11,14H,8-10H2,1-3H3,(H,18,21)(H,19,20)/t14-/m0/s1. The summed E-state index contributed by atoms with van der Waals surface area (Å²) < 4.78 is 5.13. The van der Waals surface area contributed by atoms with Crippen LogP contribution in [0.5, 0.6) is 0 Å². The van der Waals surface area contributed by atoms with Crippen LogP contribution in [0.1, 0.15) is 50.7 Å². The molecule has 0 heterocycles. The third-order valence-corrected chi connectivity index (χ3v) is 3.49. The van der Waals surface area contributed by atoms with Gasteiger partial charge >= 0.3 is 12.1 Å². The minimum absolute atomic E-state index is 0.265. The van der Waals surface area contributed by atoms with Gasteiger partial charge in [0.15, 0.2) is 0 Å². The molecule has 1 aromatic rings. The molecule has 0 unspecified atom stereocenters. The number of aliphatic carboxylic acids is 1. The number of hydrogen-bond acceptors (Lipinski definition) is 3. The monoisotopic (exact) mass is 305 g/mol. The number of alkyl carbamates (subject to hydrolysis) is 1. The fourth-order valence-electron chi connectivity index (χ4n) is 2.38. The highest BCUT2D eigenvalue weighted by Gasteiger charge is 2.29. The molecule has 22 heavy (non-hydrogen) atoms. The van der Waals surface area contributed by atoms with Gasteiger partial charge in [0.25, 0.3) is 0 Å². The molecular formula is C17H23NO4. The van der Waals surface area contributed by atoms with Crippen LogP contribution in [0.15, 0.2) is 24.3 Å². The van der Waals surface area contributed by atoms with Gasteiger partial charge in [-0.05, 0) is 50.7 Å². The highest BCUT2D eigenvalue weighted by Crippen LogP contribution is 2.41. The van der Waals surface area contributed by atoms with Gasteiger partial charge in [0, 0.05) is 6.42 Å². The van der Waals surface area contributed by atoms with Crippen molar-refractivity contribution in [2.45, 2.75) is 57.6 Å². The first-order valence-electron chi connectivity index (χ1n) is 7.56. The van der Waals surface area contributed by atoms with E-state index >= 15 is 0 Å². The van der Waals surface area contributed by atoms with Crippen LogP contribution in [0.25, 0.3) is 0 Å². The minimum Gasteiger partial charge on any atom is -0.480 e. The molecule has 0 bridgehead atoms. The second kappa shape index (κ2) is 6.38. The summed E-state index contributed by atoms with van der Waals surface area (Å²) >= 11 is 0. The maximum absolute atomic E-state index is 11.8. The summed E-state index contributed by atoms with van der Waals surface area (Å²) in [6.07, 6.45) is 1.85. The van der Waals surface area contributed by atoms with E-state index in [0.717, 1.165) is 18.4 Å². The number of benzene rings is 1. The lowest BCUT2D eigenvalue weighted by atomic mass is 9.97. The summed E-state index contributed by atoms with van der Waals surface area (Å²) in [6, 6.07) is 6.84. The first-order chi connectivity index (χ1) is 10.3. The minimum atomic E-state index is -1.06. The summed E-state index contributed by atoms with van der Waals surface area (Å²) in [5, 5.41) is 11.8. The van der Waals surface area contributed by atoms with E-state index < -0.39 is 23.7 Å². The van der Waals surface area contributed by atoms with Crippen molar-refractivity contribution in [2.24, 2.45) is 0 Å². The Bertz CT molecular complexity index is 558. The molecule has 1 aliphatic carbocycles. The van der Waals surface area contributed by atoms with E-state index in [-0.39, 0.29) is 6.42 Å². The molecular weight excluding hydrogens is 282 g/mol. The molecule has 5 heteroatoms. The highest BCUT2D eigenvalue weighted by molar-refractivity contribution is 5.80. The largest absolute Gasteiger partial charge is 0.480 e. The van der Waals surface area contributed by atoms with Crippen molar-refractivity contribution in [3.63, 3.8) is 0 Å². The van der Waals surface area contributed by atoms with E-state index in [2.05, 4.69) is 5.32 Å². The zero-order valence-corrected chi connectivity index (χ0v) is 13.3. The van der Waals surface area contributed by atoms with Crippen molar-refractivity contribution in [1.29, 1.82) is 0 Å². The molecule has 2 rings (SSSR count). The lowest BCUT2D eigenvalue weighted by molar-refractivity contribution is -0.139. The molecule has 0 radical (unpaired) electrons. The lowest BCUT2D eigenvalue weighted by Crippen LogP contribution is -2.44. The van der Waals surface area contributed by atoms with Crippen molar-refractivity contribution in [1.82, 2.24) is 5.32 Å². The number of ether oxygens (including phenoxy) is 1. The molecule has 5 nitrogen and oxygen atoms in total. The molecule has 0 spiro atoms. The fourth-order valence-corrected chi connectivity index (χ4v) is 2.38. The number of rotatable bonds is 5. The van der Waals surface area contributed by atoms with Gasteiger partial charge in [-0.15, -0.1) is 0 Å². The van der Waals surface area contributed by atoms with Crippen molar-refractivity contribution in [3.05, 3.63) is 35.4 Å². The van der Waals surface area contributed by atoms with E-state index in [0.29, 0.717) is 5.92 Å². The van der Waals surface area contributed by atoms with Crippen LogP contribution in [0.4, 0.5) is 4.79 Å². The van der Waals surface area contributed by atoms with Crippen LogP contribution in [0, 0.1) is 0 Å². The second-order valence-corrected chi connectivity index (χ2v) is 6.71. The Kier molecular flexibility index (Phi) is 4.74. The average Bonchev–Trinajstić information content (AvgIpc) is 3.20. The van der Waals surface area contributed by atoms with Crippen LogP contribution in [-0.2, 0) is 16.0 Å². The van der Waals surface area contributed by atoms with Gasteiger partial charge in [-0.25, -0.2) is 9.59 Å². The smallest absolute Gasteiger partial charge is 0.408 e. The fraction of sp³-hybridized carbons (Fsp3) is 0.529. The predicted octanol–water partition coefficient (Wildman–Crippen LogP) is 3.08. The molecule has 2 N–H and O–H groups in total. The Morgan fingerprint density at radius 2 is 1.95 bits per heavy atom. The summed E-state index contributed by atoms with van der Waals surface area (Å²) in [6.45, 7) is 5.22. The van der Waals surface area contributed by atoms with Crippen LogP contribution < -0.4 is 5.32 Å². The van der Waals surface area contributed by atoms with Crippen LogP contribution in [0.2, 0.25) is 0 Å². The molecule has 1 saturated carbocycles. The van der Waals surface area contributed by atoms with E-state index in [1.807, 2.05) is 24.3 Å². The van der Waals surface area contributed by atoms with Gasteiger partial charge in [0.1, 0.15) is 11.6 Å². The van der Waals surface area contributed by atoms with Crippen molar-refractivity contribution < 1.29 is 19.4 Å². The van der Waals surface area contributed by atoms with Crippen LogP contribution in [0.3, 0.4) is 0 Å². The Balaban J connectivity index is 2.06. The Labute approximate surface area is 130 Å². The van der Waals surface area contributed by atoms with Gasteiger partial charge < -0.3 is 15.2 Å². The molecule has 1 aliphatic rings. The molecule has 0 aliphatic heterocycles. The average molecular weight is 305 g/mol. The quantitative estimate of drug-likeness (QED) is 0.876. The van der Waals surface area contributed by atoms with E-state index in [9.17, 15) is 14.7 Å². The molecule has 1 amide bonds. The Hall–Kier alpha value is -2.04. The number of carboxylic acids is 1. The SMILES string of the molecule is CC(C)(C)OC(=O)N[C@@H](Cc1ccccc1C1CC1)C(=O)O. The second-order valence-electron chi connectivity index (χ2n) is 6.71. The maximum atomic E-state index is 11.8. The molecule has 0 aromatic heterocycles. The van der Waals surface area contributed by atoms with E-state index in [1.54, 1.807) is 20.8 Å². The van der Waals surface area contributed by atoms with Gasteiger partial charge in [0.05, 0.1) is 0 Å². The van der Waals surface area contributed by atoms with Gasteiger partial charge in [-0.2, -0.15) is 0 Å². The topological polar surface area (TPSA) is 75.6 Å². The zero-order chi connectivity index (χ0) is 16.3. The number of hydrogen-bond donors (Lipinski definition) is 2. The molecule has 1 fully saturated rings. The van der Waals surface area contributed by atoms with Gasteiger partial charge in [-0.3, -0.25) is 0 Å². The normalized spacial score (nSPS) is 16.0. The van der Waals surface area contributed by atoms with Crippen LogP contribution in [-0.4, -0.2) is 28.8 Å². The predicted molar refractivity (Wildman–Crippen MR) is 82.9 cm³/mol.